The molecule has 0 atom stereocenters. The number of rotatable bonds is 9. The molecule has 1 aliphatic heterocycles. The van der Waals surface area contributed by atoms with Crippen molar-refractivity contribution in [2.75, 3.05) is 43.0 Å². The van der Waals surface area contributed by atoms with E-state index in [0.29, 0.717) is 36.8 Å². The van der Waals surface area contributed by atoms with Gasteiger partial charge < -0.3 is 15.0 Å². The van der Waals surface area contributed by atoms with Crippen LogP contribution in [0.5, 0.6) is 5.75 Å². The summed E-state index contributed by atoms with van der Waals surface area (Å²) in [6.07, 6.45) is 0. The minimum Gasteiger partial charge on any atom is -0.492 e. The maximum absolute atomic E-state index is 13.5. The Hall–Kier alpha value is -4.69. The predicted octanol–water partition coefficient (Wildman–Crippen LogP) is 6.16. The second-order valence-electron chi connectivity index (χ2n) is 9.59. The maximum atomic E-state index is 13.5. The molecule has 4 aromatic rings. The molecular formula is C32H32N4O4. The third kappa shape index (κ3) is 5.97. The highest BCUT2D eigenvalue weighted by Crippen LogP contribution is 2.33. The van der Waals surface area contributed by atoms with E-state index in [-0.39, 0.29) is 17.3 Å². The zero-order chi connectivity index (χ0) is 27.9. The van der Waals surface area contributed by atoms with E-state index in [2.05, 4.69) is 63.6 Å². The Labute approximate surface area is 234 Å². The van der Waals surface area contributed by atoms with Crippen molar-refractivity contribution in [1.29, 1.82) is 0 Å². The molecule has 5 rings (SSSR count). The first-order chi connectivity index (χ1) is 19.5. The molecule has 40 heavy (non-hydrogen) atoms. The van der Waals surface area contributed by atoms with E-state index in [1.165, 1.54) is 23.3 Å². The average Bonchev–Trinajstić information content (AvgIpc) is 2.99. The fourth-order valence-corrected chi connectivity index (χ4v) is 5.24. The number of piperazine rings is 1. The molecule has 1 aliphatic rings. The molecule has 0 radical (unpaired) electrons. The fourth-order valence-electron chi connectivity index (χ4n) is 5.24. The van der Waals surface area contributed by atoms with Crippen molar-refractivity contribution in [3.63, 3.8) is 0 Å². The topological polar surface area (TPSA) is 87.9 Å². The van der Waals surface area contributed by atoms with Crippen molar-refractivity contribution >= 4 is 23.0 Å². The van der Waals surface area contributed by atoms with Crippen LogP contribution < -0.4 is 15.0 Å². The summed E-state index contributed by atoms with van der Waals surface area (Å²) >= 11 is 0. The van der Waals surface area contributed by atoms with Crippen molar-refractivity contribution in [3.05, 3.63) is 130 Å². The van der Waals surface area contributed by atoms with Crippen LogP contribution in [0.4, 0.5) is 17.1 Å². The van der Waals surface area contributed by atoms with Gasteiger partial charge in [0.1, 0.15) is 5.75 Å². The normalized spacial score (nSPS) is 13.7. The third-order valence-corrected chi connectivity index (χ3v) is 7.12. The minimum absolute atomic E-state index is 0.110. The van der Waals surface area contributed by atoms with Gasteiger partial charge in [0.2, 0.25) is 0 Å². The van der Waals surface area contributed by atoms with Gasteiger partial charge in [0.05, 0.1) is 34.5 Å². The van der Waals surface area contributed by atoms with Gasteiger partial charge in [0, 0.05) is 38.3 Å². The summed E-state index contributed by atoms with van der Waals surface area (Å²) in [7, 11) is 0. The van der Waals surface area contributed by atoms with Gasteiger partial charge in [-0.15, -0.1) is 0 Å². The molecule has 8 nitrogen and oxygen atoms in total. The van der Waals surface area contributed by atoms with Crippen molar-refractivity contribution in [2.24, 2.45) is 0 Å². The van der Waals surface area contributed by atoms with Gasteiger partial charge >= 0.3 is 0 Å². The molecule has 1 N–H and O–H groups in total. The van der Waals surface area contributed by atoms with Crippen molar-refractivity contribution < 1.29 is 14.5 Å². The van der Waals surface area contributed by atoms with Gasteiger partial charge in [-0.2, -0.15) is 0 Å². The van der Waals surface area contributed by atoms with Crippen LogP contribution in [-0.2, 0) is 0 Å². The molecule has 0 saturated carbocycles. The number of para-hydroxylation sites is 2. The smallest absolute Gasteiger partial charge is 0.270 e. The van der Waals surface area contributed by atoms with E-state index in [1.807, 2.05) is 31.2 Å². The number of hydrogen-bond donors (Lipinski definition) is 1. The summed E-state index contributed by atoms with van der Waals surface area (Å²) in [5.74, 6) is 0.131. The molecule has 1 heterocycles. The lowest BCUT2D eigenvalue weighted by Gasteiger charge is -2.41. The van der Waals surface area contributed by atoms with E-state index in [4.69, 9.17) is 4.74 Å². The standard InChI is InChI=1S/C32H32N4O4/c1-2-40-30-16-10-9-15-28(30)33-32(37)27-23-26(36(38)39)17-18-29(27)34-19-21-35(22-20-34)31(24-11-5-3-6-12-24)25-13-7-4-8-14-25/h3-18,23,31H,2,19-22H2,1H3,(H,33,37). The fraction of sp³-hybridized carbons (Fsp3) is 0.219. The van der Waals surface area contributed by atoms with E-state index >= 15 is 0 Å². The number of nitro groups is 1. The number of nitro benzene ring substituents is 1. The summed E-state index contributed by atoms with van der Waals surface area (Å²) in [4.78, 5) is 29.2. The summed E-state index contributed by atoms with van der Waals surface area (Å²) in [6, 6.07) is 32.7. The highest BCUT2D eigenvalue weighted by molar-refractivity contribution is 6.09. The number of hydrogen-bond acceptors (Lipinski definition) is 6. The van der Waals surface area contributed by atoms with Gasteiger partial charge in [-0.3, -0.25) is 19.8 Å². The van der Waals surface area contributed by atoms with Crippen molar-refractivity contribution in [1.82, 2.24) is 4.90 Å². The minimum atomic E-state index is -0.475. The third-order valence-electron chi connectivity index (χ3n) is 7.12. The summed E-state index contributed by atoms with van der Waals surface area (Å²) in [5, 5.41) is 14.5. The lowest BCUT2D eigenvalue weighted by Crippen LogP contribution is -2.48. The SMILES string of the molecule is CCOc1ccccc1NC(=O)c1cc([N+](=O)[O-])ccc1N1CCN(C(c2ccccc2)c2ccccc2)CC1. The maximum Gasteiger partial charge on any atom is 0.270 e. The number of carbonyl (C=O) groups is 1. The molecule has 1 fully saturated rings. The number of benzene rings is 4. The van der Waals surface area contributed by atoms with Crippen LogP contribution in [-0.4, -0.2) is 48.5 Å². The van der Waals surface area contributed by atoms with Gasteiger partial charge in [-0.1, -0.05) is 72.8 Å². The number of non-ortho nitro benzene ring substituents is 1. The summed E-state index contributed by atoms with van der Waals surface area (Å²) in [5.41, 5.74) is 3.78. The molecule has 0 bridgehead atoms. The Morgan fingerprint density at radius 1 is 0.875 bits per heavy atom. The number of amides is 1. The zero-order valence-corrected chi connectivity index (χ0v) is 22.4. The summed E-state index contributed by atoms with van der Waals surface area (Å²) in [6.45, 7) is 5.19. The average molecular weight is 537 g/mol. The largest absolute Gasteiger partial charge is 0.492 e. The van der Waals surface area contributed by atoms with Crippen LogP contribution >= 0.6 is 0 Å². The molecule has 8 heteroatoms. The van der Waals surface area contributed by atoms with Crippen molar-refractivity contribution in [3.8, 4) is 5.75 Å². The number of nitrogens with zero attached hydrogens (tertiary/aromatic N) is 3. The van der Waals surface area contributed by atoms with Crippen LogP contribution in [0.25, 0.3) is 0 Å². The van der Waals surface area contributed by atoms with Crippen LogP contribution in [0.2, 0.25) is 0 Å². The highest BCUT2D eigenvalue weighted by Gasteiger charge is 2.29. The Kier molecular flexibility index (Phi) is 8.37. The Morgan fingerprint density at radius 3 is 2.08 bits per heavy atom. The first-order valence-electron chi connectivity index (χ1n) is 13.5. The van der Waals surface area contributed by atoms with Crippen LogP contribution in [0, 0.1) is 10.1 Å². The van der Waals surface area contributed by atoms with Crippen LogP contribution in [0.3, 0.4) is 0 Å². The van der Waals surface area contributed by atoms with Crippen LogP contribution in [0.15, 0.2) is 103 Å². The molecule has 1 amide bonds. The van der Waals surface area contributed by atoms with E-state index in [9.17, 15) is 14.9 Å². The van der Waals surface area contributed by atoms with E-state index in [0.717, 1.165) is 13.1 Å². The Morgan fingerprint density at radius 2 is 1.48 bits per heavy atom. The van der Waals surface area contributed by atoms with Crippen molar-refractivity contribution in [2.45, 2.75) is 13.0 Å². The quantitative estimate of drug-likeness (QED) is 0.204. The molecule has 0 aliphatic carbocycles. The number of nitrogens with one attached hydrogen (secondary N) is 1. The lowest BCUT2D eigenvalue weighted by atomic mass is 9.96. The first kappa shape index (κ1) is 26.9. The van der Waals surface area contributed by atoms with Crippen LogP contribution in [0.1, 0.15) is 34.5 Å². The second kappa shape index (κ2) is 12.4. The molecule has 4 aromatic carbocycles. The molecule has 0 unspecified atom stereocenters. The lowest BCUT2D eigenvalue weighted by molar-refractivity contribution is -0.384. The summed E-state index contributed by atoms with van der Waals surface area (Å²) < 4.78 is 5.65. The monoisotopic (exact) mass is 536 g/mol. The van der Waals surface area contributed by atoms with Gasteiger partial charge in [0.15, 0.2) is 0 Å². The Balaban J connectivity index is 1.40. The molecule has 1 saturated heterocycles. The second-order valence-corrected chi connectivity index (χ2v) is 9.59. The van der Waals surface area contributed by atoms with Gasteiger partial charge in [0.25, 0.3) is 11.6 Å². The zero-order valence-electron chi connectivity index (χ0n) is 22.4. The molecule has 0 aromatic heterocycles. The number of anilines is 2. The van der Waals surface area contributed by atoms with E-state index in [1.54, 1.807) is 18.2 Å². The van der Waals surface area contributed by atoms with Gasteiger partial charge in [-0.25, -0.2) is 0 Å². The van der Waals surface area contributed by atoms with E-state index < -0.39 is 10.8 Å². The molecular weight excluding hydrogens is 504 g/mol. The number of ether oxygens (including phenoxy) is 1. The Bertz CT molecular complexity index is 1410. The molecule has 0 spiro atoms. The first-order valence-corrected chi connectivity index (χ1v) is 13.5. The number of carbonyl (C=O) groups excluding carboxylic acids is 1. The highest BCUT2D eigenvalue weighted by atomic mass is 16.6. The molecule has 204 valence electrons. The van der Waals surface area contributed by atoms with Gasteiger partial charge in [-0.05, 0) is 36.2 Å². The predicted molar refractivity (Wildman–Crippen MR) is 157 cm³/mol.